The lowest BCUT2D eigenvalue weighted by atomic mass is 10.2. The molecule has 1 aliphatic carbocycles. The third kappa shape index (κ3) is 5.18. The maximum atomic E-state index is 13.2. The van der Waals surface area contributed by atoms with Gasteiger partial charge in [0.25, 0.3) is 5.56 Å². The molecule has 1 aliphatic rings. The fourth-order valence-electron chi connectivity index (χ4n) is 2.94. The molecule has 2 aromatic rings. The molecule has 174 valence electrons. The summed E-state index contributed by atoms with van der Waals surface area (Å²) in [6, 6.07) is 5.83. The quantitative estimate of drug-likeness (QED) is 0.668. The molecule has 1 amide bonds. The van der Waals surface area contributed by atoms with Crippen molar-refractivity contribution >= 4 is 21.6 Å². The van der Waals surface area contributed by atoms with E-state index >= 15 is 0 Å². The number of alkyl halides is 3. The van der Waals surface area contributed by atoms with Gasteiger partial charge in [-0.2, -0.15) is 22.6 Å². The van der Waals surface area contributed by atoms with Crippen LogP contribution in [0, 0.1) is 0 Å². The minimum atomic E-state index is -4.85. The Labute approximate surface area is 183 Å². The van der Waals surface area contributed by atoms with Gasteiger partial charge in [0.1, 0.15) is 12.1 Å². The van der Waals surface area contributed by atoms with Gasteiger partial charge in [-0.15, -0.1) is 0 Å². The molecule has 3 rings (SSSR count). The van der Waals surface area contributed by atoms with Crippen molar-refractivity contribution in [1.29, 1.82) is 0 Å². The second kappa shape index (κ2) is 8.66. The van der Waals surface area contributed by atoms with Gasteiger partial charge in [0.05, 0.1) is 10.6 Å². The molecule has 0 saturated heterocycles. The fraction of sp³-hybridized carbons (Fsp3) is 0.450. The Morgan fingerprint density at radius 3 is 2.34 bits per heavy atom. The van der Waals surface area contributed by atoms with Gasteiger partial charge in [-0.1, -0.05) is 0 Å². The van der Waals surface area contributed by atoms with E-state index in [9.17, 15) is 31.2 Å². The molecule has 1 fully saturated rings. The van der Waals surface area contributed by atoms with Crippen molar-refractivity contribution in [3.05, 3.63) is 51.9 Å². The summed E-state index contributed by atoms with van der Waals surface area (Å²) in [5.74, 6) is -0.917. The highest BCUT2D eigenvalue weighted by Crippen LogP contribution is 2.40. The topological polar surface area (TPSA) is 101 Å². The summed E-state index contributed by atoms with van der Waals surface area (Å²) in [6.45, 7) is 2.74. The van der Waals surface area contributed by atoms with E-state index in [4.69, 9.17) is 0 Å². The first-order valence-corrected chi connectivity index (χ1v) is 11.3. The van der Waals surface area contributed by atoms with Crippen molar-refractivity contribution in [3.63, 3.8) is 0 Å². The molecule has 0 unspecified atom stereocenters. The SMILES string of the molecule is CC(C)N(C)S(=O)(=O)c1ccc(NC(=O)Cn2nc(C3CC3)cc(C(F)(F)F)c2=O)cc1. The average Bonchev–Trinajstić information content (AvgIpc) is 3.53. The normalized spacial score (nSPS) is 14.8. The summed E-state index contributed by atoms with van der Waals surface area (Å²) >= 11 is 0. The second-order valence-electron chi connectivity index (χ2n) is 7.91. The van der Waals surface area contributed by atoms with Gasteiger partial charge in [-0.3, -0.25) is 9.59 Å². The maximum Gasteiger partial charge on any atom is 0.421 e. The molecule has 0 bridgehead atoms. The van der Waals surface area contributed by atoms with Crippen LogP contribution in [0.25, 0.3) is 0 Å². The first-order chi connectivity index (χ1) is 14.8. The van der Waals surface area contributed by atoms with Crippen LogP contribution in [0.4, 0.5) is 18.9 Å². The molecule has 0 spiro atoms. The molecule has 8 nitrogen and oxygen atoms in total. The summed E-state index contributed by atoms with van der Waals surface area (Å²) in [4.78, 5) is 24.6. The summed E-state index contributed by atoms with van der Waals surface area (Å²) in [5, 5.41) is 6.37. The number of amides is 1. The van der Waals surface area contributed by atoms with Gasteiger partial charge in [0, 0.05) is 24.7 Å². The summed E-state index contributed by atoms with van der Waals surface area (Å²) < 4.78 is 66.4. The zero-order chi connectivity index (χ0) is 23.8. The zero-order valence-electron chi connectivity index (χ0n) is 17.7. The maximum absolute atomic E-state index is 13.2. The van der Waals surface area contributed by atoms with Crippen molar-refractivity contribution in [3.8, 4) is 0 Å². The average molecular weight is 472 g/mol. The van der Waals surface area contributed by atoms with Crippen LogP contribution in [-0.4, -0.2) is 41.5 Å². The van der Waals surface area contributed by atoms with Gasteiger partial charge in [0.15, 0.2) is 0 Å². The predicted octanol–water partition coefficient (Wildman–Crippen LogP) is 2.81. The number of anilines is 1. The smallest absolute Gasteiger partial charge is 0.324 e. The Morgan fingerprint density at radius 2 is 1.84 bits per heavy atom. The number of sulfonamides is 1. The van der Waals surface area contributed by atoms with E-state index in [1.807, 2.05) is 0 Å². The van der Waals surface area contributed by atoms with Gasteiger partial charge >= 0.3 is 6.18 Å². The minimum Gasteiger partial charge on any atom is -0.324 e. The van der Waals surface area contributed by atoms with Crippen LogP contribution in [0.5, 0.6) is 0 Å². The number of benzene rings is 1. The number of aromatic nitrogens is 2. The third-order valence-electron chi connectivity index (χ3n) is 5.13. The van der Waals surface area contributed by atoms with Gasteiger partial charge < -0.3 is 5.32 Å². The molecule has 1 heterocycles. The Kier molecular flexibility index (Phi) is 6.47. The summed E-state index contributed by atoms with van der Waals surface area (Å²) in [7, 11) is -2.25. The van der Waals surface area contributed by atoms with Crippen LogP contribution in [0.3, 0.4) is 0 Å². The lowest BCUT2D eigenvalue weighted by Crippen LogP contribution is -2.35. The molecule has 0 atom stereocenters. The third-order valence-corrected chi connectivity index (χ3v) is 7.18. The fourth-order valence-corrected chi connectivity index (χ4v) is 4.31. The van der Waals surface area contributed by atoms with Crippen LogP contribution in [0.2, 0.25) is 0 Å². The van der Waals surface area contributed by atoms with E-state index < -0.39 is 39.8 Å². The minimum absolute atomic E-state index is 0.0246. The molecule has 1 N–H and O–H groups in total. The van der Waals surface area contributed by atoms with E-state index in [0.29, 0.717) is 17.5 Å². The highest BCUT2D eigenvalue weighted by atomic mass is 32.2. The lowest BCUT2D eigenvalue weighted by molar-refractivity contribution is -0.139. The van der Waals surface area contributed by atoms with Crippen molar-refractivity contribution < 1.29 is 26.4 Å². The highest BCUT2D eigenvalue weighted by molar-refractivity contribution is 7.89. The van der Waals surface area contributed by atoms with E-state index in [0.717, 1.165) is 6.07 Å². The molecular formula is C20H23F3N4O4S. The number of carbonyl (C=O) groups is 1. The van der Waals surface area contributed by atoms with Gasteiger partial charge in [0.2, 0.25) is 15.9 Å². The molecule has 0 radical (unpaired) electrons. The molecular weight excluding hydrogens is 449 g/mol. The van der Waals surface area contributed by atoms with Crippen molar-refractivity contribution in [2.24, 2.45) is 0 Å². The number of carbonyl (C=O) groups excluding carboxylic acids is 1. The van der Waals surface area contributed by atoms with E-state index in [1.54, 1.807) is 13.8 Å². The lowest BCUT2D eigenvalue weighted by Gasteiger charge is -2.21. The summed E-state index contributed by atoms with van der Waals surface area (Å²) in [5.41, 5.74) is -2.39. The predicted molar refractivity (Wildman–Crippen MR) is 111 cm³/mol. The van der Waals surface area contributed by atoms with Crippen molar-refractivity contribution in [2.75, 3.05) is 12.4 Å². The monoisotopic (exact) mass is 472 g/mol. The first-order valence-electron chi connectivity index (χ1n) is 9.88. The number of nitrogens with zero attached hydrogens (tertiary/aromatic N) is 3. The van der Waals surface area contributed by atoms with E-state index in [2.05, 4.69) is 10.4 Å². The molecule has 12 heteroatoms. The molecule has 1 aromatic carbocycles. The van der Waals surface area contributed by atoms with Crippen LogP contribution in [0.15, 0.2) is 40.0 Å². The van der Waals surface area contributed by atoms with Crippen LogP contribution >= 0.6 is 0 Å². The Hall–Kier alpha value is -2.73. The van der Waals surface area contributed by atoms with Crippen molar-refractivity contribution in [1.82, 2.24) is 14.1 Å². The number of hydrogen-bond acceptors (Lipinski definition) is 5. The largest absolute Gasteiger partial charge is 0.421 e. The Morgan fingerprint density at radius 1 is 1.25 bits per heavy atom. The molecule has 1 aromatic heterocycles. The van der Waals surface area contributed by atoms with E-state index in [1.165, 1.54) is 35.6 Å². The number of halogens is 3. The standard InChI is InChI=1S/C20H23F3N4O4S/c1-12(2)26(3)32(30,31)15-8-6-14(7-9-15)24-18(28)11-27-19(29)16(20(21,22)23)10-17(25-27)13-4-5-13/h6-10,12-13H,4-5,11H2,1-3H3,(H,24,28). The Balaban J connectivity index is 1.78. The first kappa shape index (κ1) is 23.9. The van der Waals surface area contributed by atoms with Gasteiger partial charge in [-0.25, -0.2) is 13.1 Å². The molecule has 1 saturated carbocycles. The van der Waals surface area contributed by atoms with Crippen molar-refractivity contribution in [2.45, 2.75) is 56.3 Å². The molecule has 32 heavy (non-hydrogen) atoms. The van der Waals surface area contributed by atoms with Crippen LogP contribution in [-0.2, 0) is 27.5 Å². The highest BCUT2D eigenvalue weighted by Gasteiger charge is 2.37. The number of hydrogen-bond donors (Lipinski definition) is 1. The van der Waals surface area contributed by atoms with Crippen LogP contribution < -0.4 is 10.9 Å². The molecule has 0 aliphatic heterocycles. The second-order valence-corrected chi connectivity index (χ2v) is 9.90. The Bertz CT molecular complexity index is 1170. The van der Waals surface area contributed by atoms with Crippen LogP contribution in [0.1, 0.15) is 43.9 Å². The zero-order valence-corrected chi connectivity index (χ0v) is 18.5. The number of rotatable bonds is 7. The van der Waals surface area contributed by atoms with E-state index in [-0.39, 0.29) is 28.2 Å². The number of nitrogens with one attached hydrogen (secondary N) is 1. The summed E-state index contributed by atoms with van der Waals surface area (Å²) in [6.07, 6.45) is -3.50. The van der Waals surface area contributed by atoms with Gasteiger partial charge in [-0.05, 0) is 57.0 Å².